The van der Waals surface area contributed by atoms with Crippen molar-refractivity contribution in [2.45, 2.75) is 202 Å². The lowest BCUT2D eigenvalue weighted by atomic mass is 10.1. The molecular weight excluding hydrogens is 1020 g/mol. The monoisotopic (exact) mass is 1100 g/mol. The summed E-state index contributed by atoms with van der Waals surface area (Å²) in [6.45, 7) is 28.4. The summed E-state index contributed by atoms with van der Waals surface area (Å²) < 4.78 is 43.0. The van der Waals surface area contributed by atoms with Gasteiger partial charge in [0, 0.05) is 0 Å². The van der Waals surface area contributed by atoms with Gasteiger partial charge >= 0.3 is 48.1 Å². The molecule has 78 heavy (non-hydrogen) atoms. The number of esters is 5. The maximum Gasteiger partial charge on any atom is 0.414 e. The molecular formula is C54H78N6O18. The Morgan fingerprint density at radius 3 is 1.21 bits per heavy atom. The summed E-state index contributed by atoms with van der Waals surface area (Å²) in [6.07, 6.45) is -5.29. The van der Waals surface area contributed by atoms with Gasteiger partial charge in [0.05, 0.1) is 30.5 Å². The van der Waals surface area contributed by atoms with Crippen molar-refractivity contribution >= 4 is 71.6 Å². The van der Waals surface area contributed by atoms with Gasteiger partial charge in [-0.3, -0.25) is 34.6 Å². The zero-order valence-corrected chi connectivity index (χ0v) is 48.0. The van der Waals surface area contributed by atoms with Crippen LogP contribution in [0.15, 0.2) is 53.5 Å². The summed E-state index contributed by atoms with van der Waals surface area (Å²) in [7, 11) is 0. The molecule has 24 nitrogen and oxygen atoms in total. The molecule has 5 N–H and O–H groups in total. The number of rotatable bonds is 17. The number of ether oxygens (including phenoxy) is 8. The molecule has 0 saturated carbocycles. The zero-order chi connectivity index (χ0) is 59.8. The molecule has 0 fully saturated rings. The van der Waals surface area contributed by atoms with Gasteiger partial charge in [-0.1, -0.05) is 12.1 Å². The zero-order valence-electron chi connectivity index (χ0n) is 48.0. The Bertz CT molecular complexity index is 2470. The van der Waals surface area contributed by atoms with Crippen LogP contribution in [-0.2, 0) is 68.5 Å². The van der Waals surface area contributed by atoms with Gasteiger partial charge in [-0.15, -0.1) is 0 Å². The maximum atomic E-state index is 14.0. The number of hydrogen-bond donors (Lipinski definition) is 5. The Kier molecular flexibility index (Phi) is 23.4. The number of benzene rings is 2. The molecule has 0 bridgehead atoms. The fourth-order valence-electron chi connectivity index (χ4n) is 6.02. The van der Waals surface area contributed by atoms with Crippen LogP contribution in [-0.4, -0.2) is 118 Å². The van der Waals surface area contributed by atoms with E-state index in [9.17, 15) is 47.9 Å². The molecule has 0 heterocycles. The number of carbonyl (C=O) groups is 10. The first-order valence-corrected chi connectivity index (χ1v) is 24.9. The number of nitrogens with one attached hydrogen (secondary N) is 5. The number of alkyl carbamates (subject to hydrolysis) is 3. The van der Waals surface area contributed by atoms with E-state index in [1.807, 2.05) is 0 Å². The van der Waals surface area contributed by atoms with Crippen LogP contribution >= 0.6 is 0 Å². The van der Waals surface area contributed by atoms with Crippen molar-refractivity contribution in [2.24, 2.45) is 4.99 Å². The highest BCUT2D eigenvalue weighted by Crippen LogP contribution is 2.20. The SMILES string of the molecule is CC(C)(C)OC(=O)C[C@H](NC(=O)OCc1ccc(OC(=O)c2ccc(N=C(NC(=O)OC(C)(C)C)NC(=O)OC(C)(C)C)cc2)cc1)C(=O)N[C@@H](CC(=O)OC(C)(C)C)C(=O)N[C@@H](CC(=O)OC(C)(C)C)C(=O)OC(C)(C)C. The van der Waals surface area contributed by atoms with Gasteiger partial charge in [0.25, 0.3) is 0 Å². The van der Waals surface area contributed by atoms with E-state index in [1.54, 1.807) is 125 Å². The number of guanidine groups is 1. The molecule has 24 heteroatoms. The second-order valence-electron chi connectivity index (χ2n) is 23.6. The first-order valence-electron chi connectivity index (χ1n) is 24.9. The summed E-state index contributed by atoms with van der Waals surface area (Å²) in [5, 5.41) is 11.7. The van der Waals surface area contributed by atoms with Crippen LogP contribution in [0.4, 0.5) is 20.1 Å². The number of nitrogens with zero attached hydrogens (tertiary/aromatic N) is 1. The van der Waals surface area contributed by atoms with Crippen LogP contribution in [0.25, 0.3) is 0 Å². The summed E-state index contributed by atoms with van der Waals surface area (Å²) in [5.41, 5.74) is -5.11. The number of aliphatic imine (C=N–C) groups is 1. The average molecular weight is 1100 g/mol. The molecule has 3 atom stereocenters. The Hall–Kier alpha value is -7.79. The van der Waals surface area contributed by atoms with Crippen molar-refractivity contribution in [1.29, 1.82) is 0 Å². The number of amides is 5. The molecule has 0 aliphatic rings. The van der Waals surface area contributed by atoms with E-state index >= 15 is 0 Å². The van der Waals surface area contributed by atoms with Crippen molar-refractivity contribution in [2.75, 3.05) is 0 Å². The highest BCUT2D eigenvalue weighted by atomic mass is 16.6. The molecule has 2 aromatic rings. The predicted octanol–water partition coefficient (Wildman–Crippen LogP) is 7.04. The first kappa shape index (κ1) is 66.3. The largest absolute Gasteiger partial charge is 0.460 e. The summed E-state index contributed by atoms with van der Waals surface area (Å²) in [6, 6.07) is 6.16. The van der Waals surface area contributed by atoms with Crippen LogP contribution in [0.5, 0.6) is 5.75 Å². The third-order valence-electron chi connectivity index (χ3n) is 8.71. The lowest BCUT2D eigenvalue weighted by molar-refractivity contribution is -0.165. The van der Waals surface area contributed by atoms with Crippen LogP contribution in [0.2, 0.25) is 0 Å². The Morgan fingerprint density at radius 2 is 0.808 bits per heavy atom. The van der Waals surface area contributed by atoms with Crippen molar-refractivity contribution in [3.05, 3.63) is 59.7 Å². The third-order valence-corrected chi connectivity index (χ3v) is 8.71. The van der Waals surface area contributed by atoms with Gasteiger partial charge in [-0.05, 0) is 167 Å². The van der Waals surface area contributed by atoms with Crippen LogP contribution < -0.4 is 31.3 Å². The van der Waals surface area contributed by atoms with Crippen LogP contribution in [0.1, 0.15) is 160 Å². The van der Waals surface area contributed by atoms with Gasteiger partial charge in [0.2, 0.25) is 17.8 Å². The summed E-state index contributed by atoms with van der Waals surface area (Å²) in [4.78, 5) is 136. The minimum absolute atomic E-state index is 0.0991. The first-order chi connectivity index (χ1) is 35.4. The van der Waals surface area contributed by atoms with E-state index in [4.69, 9.17) is 37.9 Å². The van der Waals surface area contributed by atoms with Gasteiger partial charge < -0.3 is 53.8 Å². The van der Waals surface area contributed by atoms with Crippen molar-refractivity contribution in [3.8, 4) is 5.75 Å². The molecule has 2 aromatic carbocycles. The Morgan fingerprint density at radius 1 is 0.436 bits per heavy atom. The van der Waals surface area contributed by atoms with Gasteiger partial charge in [-0.25, -0.2) is 29.0 Å². The Balaban J connectivity index is 2.31. The molecule has 2 rings (SSSR count). The van der Waals surface area contributed by atoms with E-state index in [2.05, 4.69) is 31.6 Å². The topological polar surface area (TPSA) is 317 Å². The van der Waals surface area contributed by atoms with E-state index in [0.717, 1.165) is 0 Å². The highest BCUT2D eigenvalue weighted by molar-refractivity contribution is 6.02. The molecule has 0 radical (unpaired) electrons. The van der Waals surface area contributed by atoms with Crippen LogP contribution in [0.3, 0.4) is 0 Å². The summed E-state index contributed by atoms with van der Waals surface area (Å²) >= 11 is 0. The van der Waals surface area contributed by atoms with Gasteiger partial charge in [0.15, 0.2) is 0 Å². The minimum atomic E-state index is -1.82. The fourth-order valence-corrected chi connectivity index (χ4v) is 6.02. The molecule has 0 aliphatic carbocycles. The predicted molar refractivity (Wildman–Crippen MR) is 282 cm³/mol. The second-order valence-corrected chi connectivity index (χ2v) is 23.6. The molecule has 0 aromatic heterocycles. The lowest BCUT2D eigenvalue weighted by Crippen LogP contribution is -2.57. The lowest BCUT2D eigenvalue weighted by Gasteiger charge is -2.28. The quantitative estimate of drug-likeness (QED) is 0.0348. The normalized spacial score (nSPS) is 13.1. The maximum absolute atomic E-state index is 14.0. The third kappa shape index (κ3) is 28.9. The van der Waals surface area contributed by atoms with Gasteiger partial charge in [0.1, 0.15) is 64.1 Å². The van der Waals surface area contributed by atoms with Crippen molar-refractivity contribution in [1.82, 2.24) is 26.6 Å². The van der Waals surface area contributed by atoms with Crippen molar-refractivity contribution < 1.29 is 85.8 Å². The smallest absolute Gasteiger partial charge is 0.414 e. The molecule has 0 aliphatic heterocycles. The molecule has 5 amide bonds. The average Bonchev–Trinajstić information content (AvgIpc) is 3.21. The number of carbonyl (C=O) groups excluding carboxylic acids is 10. The molecule has 432 valence electrons. The molecule has 0 unspecified atom stereocenters. The summed E-state index contributed by atoms with van der Waals surface area (Å²) in [5.74, 6) is -7.08. The standard InChI is InChI=1S/C54H78N6O18/c1-49(2,3)73-38(61)27-35(41(64)57-37(44(67)76-52(10,11)12)29-40(63)75-51(7,8)9)56-42(65)36(28-39(62)74-50(4,5)6)58-46(68)71-30-31-19-25-34(26-20-31)72-43(66)32-21-23-33(24-22-32)55-45(59-47(69)77-53(13,14)15)60-48(70)78-54(16,17)18/h19-26,35-37H,27-30H2,1-18H3,(H,56,65)(H,57,64)(H,58,68)(H2,55,59,60,69,70)/t35-,36-,37-/m0/s1. The van der Waals surface area contributed by atoms with Crippen molar-refractivity contribution in [3.63, 3.8) is 0 Å². The van der Waals surface area contributed by atoms with Gasteiger partial charge in [-0.2, -0.15) is 0 Å². The number of hydrogen-bond acceptors (Lipinski definition) is 19. The molecule has 0 saturated heterocycles. The van der Waals surface area contributed by atoms with E-state index in [-0.39, 0.29) is 23.0 Å². The highest BCUT2D eigenvalue weighted by Gasteiger charge is 2.37. The molecule has 0 spiro atoms. The van der Waals surface area contributed by atoms with E-state index in [0.29, 0.717) is 5.56 Å². The van der Waals surface area contributed by atoms with Crippen LogP contribution in [0, 0.1) is 0 Å². The fraction of sp³-hybridized carbons (Fsp3) is 0.574. The second kappa shape index (κ2) is 27.5. The minimum Gasteiger partial charge on any atom is -0.460 e. The van der Waals surface area contributed by atoms with E-state index < -0.39 is 138 Å². The Labute approximate surface area is 455 Å². The van der Waals surface area contributed by atoms with E-state index in [1.165, 1.54) is 48.5 Å².